The van der Waals surface area contributed by atoms with E-state index in [1.807, 2.05) is 13.8 Å². The first kappa shape index (κ1) is 72.1. The molecule has 1 aromatic carbocycles. The Morgan fingerprint density at radius 3 is 1.44 bits per heavy atom. The van der Waals surface area contributed by atoms with Gasteiger partial charge in [-0.3, -0.25) is 69.2 Å². The lowest BCUT2D eigenvalue weighted by molar-refractivity contribution is -0.459. The number of phenolic OH excluding ortho intramolecular Hbond substituents is 1. The summed E-state index contributed by atoms with van der Waals surface area (Å²) in [6.07, 6.45) is -4.19. The summed E-state index contributed by atoms with van der Waals surface area (Å²) in [7, 11) is 0. The molecule has 0 saturated carbocycles. The van der Waals surface area contributed by atoms with Crippen LogP contribution in [0.3, 0.4) is 0 Å². The van der Waals surface area contributed by atoms with Crippen molar-refractivity contribution >= 4 is 77.0 Å². The van der Waals surface area contributed by atoms with Crippen molar-refractivity contribution in [3.8, 4) is 5.75 Å². The second kappa shape index (κ2) is 36.4. The molecule has 0 spiro atoms. The molecule has 10 unspecified atom stereocenters. The van der Waals surface area contributed by atoms with E-state index >= 15 is 0 Å². The third-order valence-corrected chi connectivity index (χ3v) is 13.2. The van der Waals surface area contributed by atoms with Crippen LogP contribution in [-0.2, 0) is 64.0 Å². The molecule has 0 saturated heterocycles. The van der Waals surface area contributed by atoms with E-state index in [1.54, 1.807) is 41.5 Å². The zero-order valence-electron chi connectivity index (χ0n) is 48.1. The Morgan fingerprint density at radius 2 is 0.963 bits per heavy atom. The summed E-state index contributed by atoms with van der Waals surface area (Å²) < 4.78 is 0. The number of hydrogen-bond donors (Lipinski definition) is 16. The fourth-order valence-electron chi connectivity index (χ4n) is 8.42. The molecule has 1 aromatic rings. The van der Waals surface area contributed by atoms with E-state index < -0.39 is 182 Å². The molecule has 0 aromatic heterocycles. The quantitative estimate of drug-likeness (QED) is 0.0189. The molecule has 0 fully saturated rings. The Bertz CT molecular complexity index is 2380. The van der Waals surface area contributed by atoms with Gasteiger partial charge in [-0.2, -0.15) is 0 Å². The summed E-state index contributed by atoms with van der Waals surface area (Å²) in [5.74, 6) is -16.2. The van der Waals surface area contributed by atoms with Crippen LogP contribution in [0.25, 0.3) is 0 Å². The minimum atomic E-state index is -1.82. The van der Waals surface area contributed by atoms with Crippen LogP contribution in [0.1, 0.15) is 138 Å². The van der Waals surface area contributed by atoms with Gasteiger partial charge in [-0.05, 0) is 92.7 Å². The predicted octanol–water partition coefficient (Wildman–Crippen LogP) is -2.16. The highest BCUT2D eigenvalue weighted by Crippen LogP contribution is 2.20. The molecule has 28 nitrogen and oxygen atoms in total. The average molecular weight is 1160 g/mol. The van der Waals surface area contributed by atoms with Gasteiger partial charge in [-0.1, -0.05) is 73.9 Å². The number of Topliss-reactive ketones (excluding diaryl/α,β-unsaturated/α-hetero) is 1. The van der Waals surface area contributed by atoms with Crippen LogP contribution in [0.15, 0.2) is 24.3 Å². The molecule has 0 bridgehead atoms. The van der Waals surface area contributed by atoms with Gasteiger partial charge in [0.2, 0.25) is 41.4 Å². The van der Waals surface area contributed by atoms with Gasteiger partial charge >= 0.3 is 29.8 Å². The van der Waals surface area contributed by atoms with E-state index in [0.717, 1.165) is 0 Å². The number of carboxylic acid groups (broad SMARTS) is 4. The number of ketones is 1. The van der Waals surface area contributed by atoms with Gasteiger partial charge in [-0.25, -0.2) is 4.79 Å². The molecule has 0 heterocycles. The maximum Gasteiger partial charge on any atom is 0.338 e. The number of aromatic hydroxyl groups is 1. The van der Waals surface area contributed by atoms with Gasteiger partial charge in [0, 0.05) is 31.6 Å². The maximum atomic E-state index is 14.3. The van der Waals surface area contributed by atoms with Crippen molar-refractivity contribution in [2.45, 2.75) is 187 Å². The SMILES string of the molecule is CCC(C)C(NC(=O)C(CCC(=O)O)NC(=O)C(CCC(=O)O)NC(=O)C(CCC(=O)O)CC(=O)C(Cc1ccc(O)cc1)NC(=O)C(N)CC(C)C)C(=O)NC(CCC[NH+]=C(N)N)C(=O)NC(C(=O)NC(CC(C)C)C(=O)O)C(C)C. The van der Waals surface area contributed by atoms with Crippen molar-refractivity contribution in [3.05, 3.63) is 29.8 Å². The second-order valence-corrected chi connectivity index (χ2v) is 21.7. The molecule has 460 valence electrons. The van der Waals surface area contributed by atoms with E-state index in [4.69, 9.17) is 17.2 Å². The highest BCUT2D eigenvalue weighted by atomic mass is 16.4. The fourth-order valence-corrected chi connectivity index (χ4v) is 8.42. The molecule has 10 atom stereocenters. The first-order chi connectivity index (χ1) is 38.3. The Kier molecular flexibility index (Phi) is 32.0. The molecule has 19 N–H and O–H groups in total. The van der Waals surface area contributed by atoms with Crippen molar-refractivity contribution in [2.75, 3.05) is 6.54 Å². The van der Waals surface area contributed by atoms with Gasteiger partial charge in [0.15, 0.2) is 5.78 Å². The third kappa shape index (κ3) is 28.0. The van der Waals surface area contributed by atoms with Gasteiger partial charge in [0.05, 0.1) is 18.6 Å². The normalized spacial score (nSPS) is 14.9. The lowest BCUT2D eigenvalue weighted by Gasteiger charge is -2.30. The zero-order chi connectivity index (χ0) is 62.6. The van der Waals surface area contributed by atoms with E-state index in [0.29, 0.717) is 5.56 Å². The molecule has 7 amide bonds. The van der Waals surface area contributed by atoms with Gasteiger partial charge in [-0.15, -0.1) is 0 Å². The predicted molar refractivity (Wildman–Crippen MR) is 296 cm³/mol. The topological polar surface area (TPSA) is 482 Å². The van der Waals surface area contributed by atoms with Crippen LogP contribution in [0.4, 0.5) is 0 Å². The lowest BCUT2D eigenvalue weighted by Crippen LogP contribution is -2.78. The molecule has 1 rings (SSSR count). The minimum Gasteiger partial charge on any atom is -0.508 e. The zero-order valence-corrected chi connectivity index (χ0v) is 48.1. The van der Waals surface area contributed by atoms with Crippen molar-refractivity contribution in [3.63, 3.8) is 0 Å². The second-order valence-electron chi connectivity index (χ2n) is 21.7. The summed E-state index contributed by atoms with van der Waals surface area (Å²) in [4.78, 5) is 162. The van der Waals surface area contributed by atoms with Crippen LogP contribution in [-0.4, -0.2) is 157 Å². The smallest absolute Gasteiger partial charge is 0.338 e. The van der Waals surface area contributed by atoms with Crippen LogP contribution in [0.5, 0.6) is 5.75 Å². The summed E-state index contributed by atoms with van der Waals surface area (Å²) >= 11 is 0. The van der Waals surface area contributed by atoms with Crippen molar-refractivity contribution < 1.29 is 88.1 Å². The Hall–Kier alpha value is -7.91. The van der Waals surface area contributed by atoms with Crippen molar-refractivity contribution in [1.29, 1.82) is 0 Å². The number of carbonyl (C=O) groups excluding carboxylic acids is 8. The Labute approximate surface area is 477 Å². The van der Waals surface area contributed by atoms with Crippen LogP contribution >= 0.6 is 0 Å². The molecule has 28 heteroatoms. The van der Waals surface area contributed by atoms with Crippen LogP contribution in [0.2, 0.25) is 0 Å². The first-order valence-electron chi connectivity index (χ1n) is 27.4. The number of carbonyl (C=O) groups is 12. The number of rotatable bonds is 40. The third-order valence-electron chi connectivity index (χ3n) is 13.2. The number of amides is 7. The molecule has 0 radical (unpaired) electrons. The van der Waals surface area contributed by atoms with Gasteiger partial charge < -0.3 is 68.5 Å². The highest BCUT2D eigenvalue weighted by Gasteiger charge is 2.37. The van der Waals surface area contributed by atoms with E-state index in [9.17, 15) is 83.1 Å². The largest absolute Gasteiger partial charge is 0.508 e. The average Bonchev–Trinajstić information content (AvgIpc) is 3.39. The molecular weight excluding hydrogens is 1070 g/mol. The molecule has 0 aliphatic heterocycles. The summed E-state index contributed by atoms with van der Waals surface area (Å²) in [6, 6.07) is -5.78. The van der Waals surface area contributed by atoms with Crippen molar-refractivity contribution in [1.82, 2.24) is 37.2 Å². The first-order valence-corrected chi connectivity index (χ1v) is 27.4. The van der Waals surface area contributed by atoms with Crippen LogP contribution in [0, 0.1) is 29.6 Å². The van der Waals surface area contributed by atoms with Gasteiger partial charge in [0.25, 0.3) is 0 Å². The number of carboxylic acids is 4. The monoisotopic (exact) mass is 1160 g/mol. The molecule has 82 heavy (non-hydrogen) atoms. The Balaban J connectivity index is 3.68. The standard InChI is InChI=1S/C54H87N11O17/c1-9-30(8)45(52(80)61-35(11-10-22-58-54(56)57)49(77)64-44(29(6)7)51(79)63-39(53(81)82)24-28(4)5)65-50(78)37(18-21-43(72)73)60-48(76)36(17-20-42(70)71)59-46(74)32(14-19-41(68)69)26-40(67)38(25-31-12-15-33(66)16-13-31)62-47(75)34(55)23-27(2)3/h12-13,15-16,27-30,32,34-39,44-45,66H,9-11,14,17-26,55H2,1-8H3,(H,59,74)(H,60,76)(H,61,80)(H,62,75)(H,63,79)(H,64,77)(H,65,78)(H,68,69)(H,70,71)(H,72,73)(H,81,82)(H4,56,57,58)/p+1. The molecular formula is C54H88N11O17+. The fraction of sp³-hybridized carbons (Fsp3) is 0.648. The maximum absolute atomic E-state index is 14.3. The lowest BCUT2D eigenvalue weighted by atomic mass is 9.90. The molecule has 0 aliphatic carbocycles. The summed E-state index contributed by atoms with van der Waals surface area (Å²) in [6.45, 7) is 13.7. The van der Waals surface area contributed by atoms with E-state index in [2.05, 4.69) is 42.2 Å². The van der Waals surface area contributed by atoms with Gasteiger partial charge in [0.1, 0.15) is 42.0 Å². The minimum absolute atomic E-state index is 0.00952. The van der Waals surface area contributed by atoms with E-state index in [1.165, 1.54) is 24.3 Å². The number of phenols is 1. The highest BCUT2D eigenvalue weighted by molar-refractivity contribution is 5.98. The Morgan fingerprint density at radius 1 is 0.524 bits per heavy atom. The number of hydrogen-bond acceptors (Lipinski definition) is 14. The summed E-state index contributed by atoms with van der Waals surface area (Å²) in [5, 5.41) is 66.0. The number of nitrogens with two attached hydrogens (primary N) is 3. The van der Waals surface area contributed by atoms with Crippen LogP contribution < -0.4 is 59.4 Å². The number of aliphatic carboxylic acids is 4. The number of nitrogens with one attached hydrogen (secondary N) is 8. The number of guanidine groups is 1. The van der Waals surface area contributed by atoms with E-state index in [-0.39, 0.29) is 68.6 Å². The molecule has 0 aliphatic rings. The number of benzene rings is 1. The summed E-state index contributed by atoms with van der Waals surface area (Å²) in [5.41, 5.74) is 17.7. The van der Waals surface area contributed by atoms with Crippen molar-refractivity contribution in [2.24, 2.45) is 46.8 Å².